The fourth-order valence-electron chi connectivity index (χ4n) is 5.07. The van der Waals surface area contributed by atoms with Crippen LogP contribution in [0.5, 0.6) is 0 Å². The van der Waals surface area contributed by atoms with Crippen molar-refractivity contribution < 1.29 is 45.4 Å². The van der Waals surface area contributed by atoms with E-state index < -0.39 is 28.1 Å². The van der Waals surface area contributed by atoms with Gasteiger partial charge in [0.15, 0.2) is 0 Å². The number of fused-ring (bicyclic) bond motifs is 1. The van der Waals surface area contributed by atoms with Crippen molar-refractivity contribution in [3.63, 3.8) is 0 Å². The highest BCUT2D eigenvalue weighted by Gasteiger charge is 2.38. The van der Waals surface area contributed by atoms with Gasteiger partial charge in [0.05, 0.1) is 16.8 Å². The molecule has 1 aromatic heterocycles. The smallest absolute Gasteiger partial charge is 0.475 e. The molecule has 15 heteroatoms. The molecule has 0 aliphatic carbocycles. The van der Waals surface area contributed by atoms with Crippen LogP contribution < -0.4 is 11.1 Å². The van der Waals surface area contributed by atoms with Crippen molar-refractivity contribution in [2.24, 2.45) is 5.73 Å². The molecular weight excluding hydrogens is 608 g/mol. The topological polar surface area (TPSA) is 155 Å². The lowest BCUT2D eigenvalue weighted by Crippen LogP contribution is -2.38. The maximum atomic E-state index is 14.6. The zero-order valence-electron chi connectivity index (χ0n) is 24.3. The highest BCUT2D eigenvalue weighted by Crippen LogP contribution is 2.37. The van der Waals surface area contributed by atoms with Gasteiger partial charge in [0, 0.05) is 44.9 Å². The Morgan fingerprint density at radius 2 is 1.77 bits per heavy atom. The number of alkyl halides is 3. The molecule has 1 fully saturated rings. The molecule has 1 saturated heterocycles. The van der Waals surface area contributed by atoms with Gasteiger partial charge in [-0.25, -0.2) is 21.9 Å². The number of amides is 1. The summed E-state index contributed by atoms with van der Waals surface area (Å²) in [6.07, 6.45) is -0.976. The normalized spacial score (nSPS) is 14.8. The fourth-order valence-corrected chi connectivity index (χ4v) is 6.20. The van der Waals surface area contributed by atoms with Crippen LogP contribution in [0.3, 0.4) is 0 Å². The average Bonchev–Trinajstić information content (AvgIpc) is 3.40. The van der Waals surface area contributed by atoms with Gasteiger partial charge in [-0.05, 0) is 91.2 Å². The van der Waals surface area contributed by atoms with Crippen molar-refractivity contribution in [2.75, 3.05) is 39.1 Å². The van der Waals surface area contributed by atoms with E-state index in [4.69, 9.17) is 20.4 Å². The van der Waals surface area contributed by atoms with Crippen molar-refractivity contribution in [1.29, 1.82) is 0 Å². The Kier molecular flexibility index (Phi) is 11.9. The van der Waals surface area contributed by atoms with Gasteiger partial charge in [-0.3, -0.25) is 4.79 Å². The Morgan fingerprint density at radius 1 is 1.14 bits per heavy atom. The number of hydrogen-bond acceptors (Lipinski definition) is 6. The number of nitrogens with two attached hydrogens (primary N) is 1. The van der Waals surface area contributed by atoms with Crippen molar-refractivity contribution in [1.82, 2.24) is 14.6 Å². The predicted octanol–water partition coefficient (Wildman–Crippen LogP) is 4.36. The zero-order chi connectivity index (χ0) is 32.7. The number of sulfonamides is 1. The van der Waals surface area contributed by atoms with Gasteiger partial charge in [0.25, 0.3) is 5.91 Å². The van der Waals surface area contributed by atoms with Gasteiger partial charge in [0.2, 0.25) is 10.0 Å². The van der Waals surface area contributed by atoms with Crippen LogP contribution in [0.15, 0.2) is 36.5 Å². The number of H-pyrrole nitrogens is 1. The number of aromatic amines is 1. The lowest BCUT2D eigenvalue weighted by molar-refractivity contribution is -0.192. The number of aliphatic carboxylic acids is 1. The van der Waals surface area contributed by atoms with Crippen LogP contribution in [0.4, 0.5) is 17.6 Å². The summed E-state index contributed by atoms with van der Waals surface area (Å²) < 4.78 is 77.5. The van der Waals surface area contributed by atoms with E-state index in [1.54, 1.807) is 24.4 Å². The summed E-state index contributed by atoms with van der Waals surface area (Å²) in [6, 6.07) is 8.54. The van der Waals surface area contributed by atoms with E-state index in [2.05, 4.69) is 10.3 Å². The summed E-state index contributed by atoms with van der Waals surface area (Å²) >= 11 is 0. The number of ether oxygens (including phenoxy) is 1. The summed E-state index contributed by atoms with van der Waals surface area (Å²) in [7, 11) is -1.56. The molecule has 0 radical (unpaired) electrons. The number of carboxylic acid groups (broad SMARTS) is 1. The summed E-state index contributed by atoms with van der Waals surface area (Å²) in [6.45, 7) is 4.49. The molecule has 0 bridgehead atoms. The maximum absolute atomic E-state index is 14.6. The largest absolute Gasteiger partial charge is 0.490 e. The predicted molar refractivity (Wildman–Crippen MR) is 157 cm³/mol. The Labute approximate surface area is 252 Å². The number of methoxy groups -OCH3 is 1. The van der Waals surface area contributed by atoms with Gasteiger partial charge < -0.3 is 25.9 Å². The minimum Gasteiger partial charge on any atom is -0.475 e. The van der Waals surface area contributed by atoms with Crippen LogP contribution in [0, 0.1) is 5.82 Å². The third-order valence-electron chi connectivity index (χ3n) is 7.30. The second-order valence-corrected chi connectivity index (χ2v) is 12.6. The standard InChI is InChI=1S/C27H35FN4O4S.C2HF3O2/c1-3-37(34,35)32-8-5-19(6-9-32)25-17-31-26-23(25)14-21(15-24(26)27(29)33)20-11-18(12-22(28)13-20)16-30-7-4-10-36-2;3-2(4,5)1(6)7/h11-15,17,19,30-31H,3-10,16H2,1-2H3,(H2,29,33);(H,6,7). The van der Waals surface area contributed by atoms with Crippen LogP contribution >= 0.6 is 0 Å². The first-order chi connectivity index (χ1) is 20.7. The molecule has 0 spiro atoms. The number of rotatable bonds is 11. The number of carboxylic acids is 1. The van der Waals surface area contributed by atoms with Crippen molar-refractivity contribution in [3.05, 3.63) is 59.0 Å². The monoisotopic (exact) mass is 644 g/mol. The third-order valence-corrected chi connectivity index (χ3v) is 9.18. The Hall–Kier alpha value is -3.53. The van der Waals surface area contributed by atoms with Gasteiger partial charge in [-0.2, -0.15) is 13.2 Å². The van der Waals surface area contributed by atoms with Gasteiger partial charge >= 0.3 is 12.1 Å². The Balaban J connectivity index is 0.000000676. The fraction of sp³-hybridized carbons (Fsp3) is 0.448. The lowest BCUT2D eigenvalue weighted by atomic mass is 9.88. The number of piperidine rings is 1. The van der Waals surface area contributed by atoms with Crippen LogP contribution in [0.1, 0.15) is 53.6 Å². The SMILES string of the molecule is CCS(=O)(=O)N1CCC(c2c[nH]c3c(C(N)=O)cc(-c4cc(F)cc(CNCCCOC)c4)cc23)CC1.O=C(O)C(F)(F)F. The lowest BCUT2D eigenvalue weighted by Gasteiger charge is -2.31. The number of halogens is 4. The molecule has 3 aromatic rings. The first-order valence-corrected chi connectivity index (χ1v) is 15.5. The summed E-state index contributed by atoms with van der Waals surface area (Å²) in [5, 5.41) is 11.3. The quantitative estimate of drug-likeness (QED) is 0.179. The Morgan fingerprint density at radius 3 is 2.34 bits per heavy atom. The van der Waals surface area contributed by atoms with Crippen molar-refractivity contribution >= 4 is 32.8 Å². The minimum absolute atomic E-state index is 0.0916. The van der Waals surface area contributed by atoms with Gasteiger partial charge in [-0.1, -0.05) is 0 Å². The van der Waals surface area contributed by atoms with Crippen LogP contribution in [-0.4, -0.2) is 80.0 Å². The maximum Gasteiger partial charge on any atom is 0.490 e. The summed E-state index contributed by atoms with van der Waals surface area (Å²) in [5.74, 6) is -3.46. The van der Waals surface area contributed by atoms with Crippen LogP contribution in [-0.2, 0) is 26.1 Å². The first kappa shape index (κ1) is 35.0. The molecule has 1 aliphatic heterocycles. The highest BCUT2D eigenvalue weighted by atomic mass is 32.2. The highest BCUT2D eigenvalue weighted by molar-refractivity contribution is 7.89. The number of nitrogens with zero attached hydrogens (tertiary/aromatic N) is 1. The van der Waals surface area contributed by atoms with E-state index >= 15 is 0 Å². The minimum atomic E-state index is -5.08. The third kappa shape index (κ3) is 9.00. The molecule has 0 unspecified atom stereocenters. The summed E-state index contributed by atoms with van der Waals surface area (Å²) in [4.78, 5) is 24.5. The zero-order valence-corrected chi connectivity index (χ0v) is 25.2. The number of aromatic nitrogens is 1. The molecule has 1 amide bonds. The van der Waals surface area contributed by atoms with Gasteiger partial charge in [0.1, 0.15) is 5.82 Å². The number of carbonyl (C=O) groups excluding carboxylic acids is 1. The van der Waals surface area contributed by atoms with E-state index in [9.17, 15) is 30.8 Å². The molecule has 44 heavy (non-hydrogen) atoms. The molecule has 5 N–H and O–H groups in total. The molecule has 4 rings (SSSR count). The first-order valence-electron chi connectivity index (χ1n) is 13.9. The van der Waals surface area contributed by atoms with Crippen LogP contribution in [0.2, 0.25) is 0 Å². The summed E-state index contributed by atoms with van der Waals surface area (Å²) in [5.41, 5.74) is 9.90. The molecule has 0 saturated carbocycles. The number of benzene rings is 2. The number of carbonyl (C=O) groups is 2. The van der Waals surface area contributed by atoms with E-state index in [1.807, 2.05) is 18.3 Å². The molecule has 10 nitrogen and oxygen atoms in total. The second-order valence-electron chi connectivity index (χ2n) is 10.3. The molecule has 1 aliphatic rings. The Bertz CT molecular complexity index is 1570. The van der Waals surface area contributed by atoms with Crippen LogP contribution in [0.25, 0.3) is 22.0 Å². The van der Waals surface area contributed by atoms with E-state index in [1.165, 1.54) is 12.1 Å². The van der Waals surface area contributed by atoms with Gasteiger partial charge in [-0.15, -0.1) is 0 Å². The molecule has 2 heterocycles. The number of nitrogens with one attached hydrogen (secondary N) is 2. The molecule has 242 valence electrons. The second kappa shape index (κ2) is 15.0. The van der Waals surface area contributed by atoms with E-state index in [0.29, 0.717) is 61.3 Å². The molecular formula is C29H36F4N4O6S. The molecule has 0 atom stereocenters. The molecule has 2 aromatic carbocycles. The van der Waals surface area contributed by atoms with E-state index in [0.717, 1.165) is 29.5 Å². The van der Waals surface area contributed by atoms with Crippen molar-refractivity contribution in [2.45, 2.75) is 44.8 Å². The number of primary amides is 1. The average molecular weight is 645 g/mol. The van der Waals surface area contributed by atoms with Crippen molar-refractivity contribution in [3.8, 4) is 11.1 Å². The number of hydrogen-bond donors (Lipinski definition) is 4. The van der Waals surface area contributed by atoms with E-state index in [-0.39, 0.29) is 17.5 Å².